The van der Waals surface area contributed by atoms with Crippen LogP contribution in [-0.4, -0.2) is 35.0 Å². The summed E-state index contributed by atoms with van der Waals surface area (Å²) in [5.74, 6) is 2.02. The average Bonchev–Trinajstić information content (AvgIpc) is 2.67. The standard InChI is InChI=1S/C12H14ClN3OS/c13-11-15-8-1-2-18-9(8)10(16-11)14-7-3-12(4-7)5-17-6-12/h7H,1-6H2,(H,14,15,16). The summed E-state index contributed by atoms with van der Waals surface area (Å²) < 4.78 is 5.29. The third-order valence-corrected chi connectivity index (χ3v) is 5.30. The van der Waals surface area contributed by atoms with E-state index in [1.807, 2.05) is 11.8 Å². The Balaban J connectivity index is 1.52. The Morgan fingerprint density at radius 1 is 1.33 bits per heavy atom. The molecule has 2 aliphatic heterocycles. The molecule has 96 valence electrons. The fourth-order valence-corrected chi connectivity index (χ4v) is 4.28. The molecule has 18 heavy (non-hydrogen) atoms. The summed E-state index contributed by atoms with van der Waals surface area (Å²) in [6, 6.07) is 0.519. The quantitative estimate of drug-likeness (QED) is 0.845. The van der Waals surface area contributed by atoms with Gasteiger partial charge in [-0.05, 0) is 24.4 Å². The number of rotatable bonds is 2. The number of aromatic nitrogens is 2. The Morgan fingerprint density at radius 2 is 2.17 bits per heavy atom. The van der Waals surface area contributed by atoms with E-state index in [-0.39, 0.29) is 0 Å². The lowest BCUT2D eigenvalue weighted by Crippen LogP contribution is -2.56. The largest absolute Gasteiger partial charge is 0.380 e. The van der Waals surface area contributed by atoms with Gasteiger partial charge in [0.2, 0.25) is 5.28 Å². The number of ether oxygens (including phenoxy) is 1. The van der Waals surface area contributed by atoms with E-state index >= 15 is 0 Å². The average molecular weight is 284 g/mol. The maximum Gasteiger partial charge on any atom is 0.224 e. The maximum atomic E-state index is 5.98. The fourth-order valence-electron chi connectivity index (χ4n) is 3.04. The van der Waals surface area contributed by atoms with E-state index < -0.39 is 0 Å². The van der Waals surface area contributed by atoms with Crippen LogP contribution in [0.15, 0.2) is 4.90 Å². The monoisotopic (exact) mass is 283 g/mol. The molecular formula is C12H14ClN3OS. The predicted molar refractivity (Wildman–Crippen MR) is 71.4 cm³/mol. The Morgan fingerprint density at radius 3 is 2.89 bits per heavy atom. The molecule has 4 rings (SSSR count). The van der Waals surface area contributed by atoms with Gasteiger partial charge in [-0.15, -0.1) is 11.8 Å². The molecule has 0 amide bonds. The van der Waals surface area contributed by atoms with Crippen molar-refractivity contribution in [2.24, 2.45) is 5.41 Å². The Labute approximate surface area is 115 Å². The van der Waals surface area contributed by atoms with Crippen LogP contribution in [0.3, 0.4) is 0 Å². The van der Waals surface area contributed by atoms with Crippen LogP contribution in [0.5, 0.6) is 0 Å². The highest BCUT2D eigenvalue weighted by atomic mass is 35.5. The van der Waals surface area contributed by atoms with Crippen molar-refractivity contribution >= 4 is 29.2 Å². The van der Waals surface area contributed by atoms with Gasteiger partial charge < -0.3 is 10.1 Å². The van der Waals surface area contributed by atoms with Gasteiger partial charge in [-0.2, -0.15) is 4.98 Å². The lowest BCUT2D eigenvalue weighted by molar-refractivity contribution is -0.159. The smallest absolute Gasteiger partial charge is 0.224 e. The Bertz CT molecular complexity index is 498. The van der Waals surface area contributed by atoms with Crippen molar-refractivity contribution in [3.05, 3.63) is 11.0 Å². The van der Waals surface area contributed by atoms with Crippen molar-refractivity contribution in [3.63, 3.8) is 0 Å². The lowest BCUT2D eigenvalue weighted by atomic mass is 9.64. The Hall–Kier alpha value is -0.520. The SMILES string of the molecule is Clc1nc2c(c(NC3CC4(COC4)C3)n1)SCC2. The summed E-state index contributed by atoms with van der Waals surface area (Å²) in [7, 11) is 0. The molecule has 2 fully saturated rings. The maximum absolute atomic E-state index is 5.98. The molecule has 1 N–H and O–H groups in total. The number of anilines is 1. The van der Waals surface area contributed by atoms with Crippen LogP contribution in [0.4, 0.5) is 5.82 Å². The zero-order valence-electron chi connectivity index (χ0n) is 9.91. The van der Waals surface area contributed by atoms with Crippen molar-refractivity contribution < 1.29 is 4.74 Å². The molecule has 0 bridgehead atoms. The lowest BCUT2D eigenvalue weighted by Gasteiger charge is -2.53. The third-order valence-electron chi connectivity index (χ3n) is 4.01. The molecule has 4 nitrogen and oxygen atoms in total. The first-order valence-electron chi connectivity index (χ1n) is 6.28. The van der Waals surface area contributed by atoms with Gasteiger partial charge in [0.15, 0.2) is 0 Å². The topological polar surface area (TPSA) is 47.0 Å². The minimum Gasteiger partial charge on any atom is -0.380 e. The van der Waals surface area contributed by atoms with Gasteiger partial charge >= 0.3 is 0 Å². The third kappa shape index (κ3) is 1.72. The molecule has 3 aliphatic rings. The van der Waals surface area contributed by atoms with Crippen molar-refractivity contribution in [1.29, 1.82) is 0 Å². The van der Waals surface area contributed by atoms with Crippen LogP contribution in [-0.2, 0) is 11.2 Å². The molecule has 0 radical (unpaired) electrons. The van der Waals surface area contributed by atoms with E-state index in [1.165, 1.54) is 17.7 Å². The van der Waals surface area contributed by atoms with Crippen LogP contribution < -0.4 is 5.32 Å². The zero-order chi connectivity index (χ0) is 12.2. The van der Waals surface area contributed by atoms with Gasteiger partial charge in [-0.25, -0.2) is 4.98 Å². The van der Waals surface area contributed by atoms with Crippen LogP contribution in [0.2, 0.25) is 5.28 Å². The molecule has 0 unspecified atom stereocenters. The summed E-state index contributed by atoms with van der Waals surface area (Å²) in [5, 5.41) is 3.89. The normalized spacial score (nSPS) is 24.5. The van der Waals surface area contributed by atoms with Crippen LogP contribution in [0.25, 0.3) is 0 Å². The molecule has 1 spiro atoms. The number of hydrogen-bond acceptors (Lipinski definition) is 5. The molecule has 1 saturated heterocycles. The van der Waals surface area contributed by atoms with Crippen molar-refractivity contribution in [1.82, 2.24) is 9.97 Å². The van der Waals surface area contributed by atoms with E-state index in [0.29, 0.717) is 16.7 Å². The highest BCUT2D eigenvalue weighted by Gasteiger charge is 2.50. The fraction of sp³-hybridized carbons (Fsp3) is 0.667. The van der Waals surface area contributed by atoms with Crippen LogP contribution >= 0.6 is 23.4 Å². The summed E-state index contributed by atoms with van der Waals surface area (Å²) in [4.78, 5) is 9.84. The summed E-state index contributed by atoms with van der Waals surface area (Å²) in [6.45, 7) is 1.87. The number of nitrogens with one attached hydrogen (secondary N) is 1. The number of nitrogens with zero attached hydrogens (tertiary/aromatic N) is 2. The van der Waals surface area contributed by atoms with Gasteiger partial charge in [0.25, 0.3) is 0 Å². The highest BCUT2D eigenvalue weighted by molar-refractivity contribution is 7.99. The van der Waals surface area contributed by atoms with E-state index in [0.717, 1.165) is 36.9 Å². The molecule has 1 aliphatic carbocycles. The number of thioether (sulfide) groups is 1. The van der Waals surface area contributed by atoms with Crippen LogP contribution in [0.1, 0.15) is 18.5 Å². The van der Waals surface area contributed by atoms with Gasteiger partial charge in [-0.1, -0.05) is 0 Å². The summed E-state index contributed by atoms with van der Waals surface area (Å²) in [5.41, 5.74) is 1.58. The molecule has 1 aromatic rings. The molecule has 1 saturated carbocycles. The molecule has 1 aromatic heterocycles. The Kier molecular flexibility index (Phi) is 2.51. The van der Waals surface area contributed by atoms with Crippen molar-refractivity contribution in [2.45, 2.75) is 30.2 Å². The van der Waals surface area contributed by atoms with Gasteiger partial charge in [0.05, 0.1) is 23.8 Å². The summed E-state index contributed by atoms with van der Waals surface area (Å²) >= 11 is 7.80. The molecule has 3 heterocycles. The second kappa shape index (κ2) is 3.99. The first-order valence-corrected chi connectivity index (χ1v) is 7.64. The van der Waals surface area contributed by atoms with Gasteiger partial charge in [0.1, 0.15) is 5.82 Å². The first-order chi connectivity index (χ1) is 8.74. The van der Waals surface area contributed by atoms with Gasteiger partial charge in [-0.3, -0.25) is 0 Å². The second-order valence-corrected chi connectivity index (χ2v) is 6.90. The van der Waals surface area contributed by atoms with Gasteiger partial charge in [0, 0.05) is 23.6 Å². The number of hydrogen-bond donors (Lipinski definition) is 1. The minimum atomic E-state index is 0.361. The van der Waals surface area contributed by atoms with E-state index in [1.54, 1.807) is 0 Å². The minimum absolute atomic E-state index is 0.361. The zero-order valence-corrected chi connectivity index (χ0v) is 11.5. The number of fused-ring (bicyclic) bond motifs is 1. The second-order valence-electron chi connectivity index (χ2n) is 5.46. The van der Waals surface area contributed by atoms with Crippen molar-refractivity contribution in [2.75, 3.05) is 24.3 Å². The van der Waals surface area contributed by atoms with Crippen LogP contribution in [0, 0.1) is 5.41 Å². The molecule has 6 heteroatoms. The van der Waals surface area contributed by atoms with E-state index in [9.17, 15) is 0 Å². The van der Waals surface area contributed by atoms with E-state index in [2.05, 4.69) is 15.3 Å². The highest BCUT2D eigenvalue weighted by Crippen LogP contribution is 2.48. The number of aryl methyl sites for hydroxylation is 1. The van der Waals surface area contributed by atoms with Crippen molar-refractivity contribution in [3.8, 4) is 0 Å². The molecule has 0 aromatic carbocycles. The molecular weight excluding hydrogens is 270 g/mol. The predicted octanol–water partition coefficient (Wildman–Crippen LogP) is 2.37. The summed E-state index contributed by atoms with van der Waals surface area (Å²) in [6.07, 6.45) is 3.38. The van der Waals surface area contributed by atoms with E-state index in [4.69, 9.17) is 16.3 Å². The molecule has 0 atom stereocenters. The first kappa shape index (κ1) is 11.3. The number of halogens is 1.